The molecule has 14 nitrogen and oxygen atoms in total. The molecule has 3 fully saturated rings. The second kappa shape index (κ2) is 11.9. The van der Waals surface area contributed by atoms with Crippen LogP contribution in [0.25, 0.3) is 11.0 Å². The van der Waals surface area contributed by atoms with Crippen molar-refractivity contribution in [2.24, 2.45) is 0 Å². The Morgan fingerprint density at radius 3 is 2.63 bits per heavy atom. The van der Waals surface area contributed by atoms with Crippen LogP contribution in [0.2, 0.25) is 0 Å². The Morgan fingerprint density at radius 1 is 1.05 bits per heavy atom. The lowest BCUT2D eigenvalue weighted by Gasteiger charge is -2.67. The molecule has 0 radical (unpaired) electrons. The van der Waals surface area contributed by atoms with Gasteiger partial charge >= 0.3 is 11.9 Å². The first-order valence-corrected chi connectivity index (χ1v) is 20.4. The number of fused-ring (bicyclic) bond motifs is 10. The molecule has 0 saturated carbocycles. The predicted octanol–water partition coefficient (Wildman–Crippen LogP) is 4.90. The number of thioether (sulfide) groups is 1. The number of furan rings is 1. The van der Waals surface area contributed by atoms with Crippen LogP contribution in [0.4, 0.5) is 0 Å². The summed E-state index contributed by atoms with van der Waals surface area (Å²) in [5.41, 5.74) is 4.21. The molecule has 3 saturated heterocycles. The number of carbonyl (C=O) groups excluding carboxylic acids is 2. The van der Waals surface area contributed by atoms with Crippen molar-refractivity contribution in [2.75, 3.05) is 39.9 Å². The first kappa shape index (κ1) is 35.5. The van der Waals surface area contributed by atoms with Crippen LogP contribution >= 0.6 is 11.8 Å². The van der Waals surface area contributed by atoms with E-state index in [0.29, 0.717) is 76.2 Å². The van der Waals surface area contributed by atoms with Gasteiger partial charge in [-0.2, -0.15) is 0 Å². The molecule has 8 aliphatic heterocycles. The van der Waals surface area contributed by atoms with Crippen LogP contribution in [-0.2, 0) is 31.8 Å². The van der Waals surface area contributed by atoms with Gasteiger partial charge in [-0.15, -0.1) is 11.8 Å². The van der Waals surface area contributed by atoms with Gasteiger partial charge in [0.1, 0.15) is 35.7 Å². The van der Waals surface area contributed by atoms with Crippen LogP contribution in [0.15, 0.2) is 28.7 Å². The van der Waals surface area contributed by atoms with Gasteiger partial charge in [0, 0.05) is 64.0 Å². The number of rotatable bonds is 3. The first-order valence-electron chi connectivity index (χ1n) is 19.4. The van der Waals surface area contributed by atoms with Crippen LogP contribution in [0, 0.1) is 13.8 Å². The third kappa shape index (κ3) is 4.36. The third-order valence-electron chi connectivity index (χ3n) is 13.7. The van der Waals surface area contributed by atoms with E-state index in [1.54, 1.807) is 14.2 Å². The maximum atomic E-state index is 14.9. The van der Waals surface area contributed by atoms with Crippen molar-refractivity contribution in [1.82, 2.24) is 15.1 Å². The number of aliphatic hydroxyl groups excluding tert-OH is 1. The molecule has 2 bridgehead atoms. The molecular formula is C42H43N3O11S. The molecule has 1 unspecified atom stereocenters. The lowest BCUT2D eigenvalue weighted by atomic mass is 9.72. The second-order valence-electron chi connectivity index (χ2n) is 16.4. The van der Waals surface area contributed by atoms with Gasteiger partial charge in [0.05, 0.1) is 37.6 Å². The summed E-state index contributed by atoms with van der Waals surface area (Å²) < 4.78 is 42.9. The van der Waals surface area contributed by atoms with Gasteiger partial charge < -0.3 is 43.1 Å². The Labute approximate surface area is 332 Å². The molecule has 57 heavy (non-hydrogen) atoms. The van der Waals surface area contributed by atoms with E-state index in [9.17, 15) is 19.8 Å². The number of aliphatic hydroxyl groups is 1. The van der Waals surface area contributed by atoms with Gasteiger partial charge in [-0.05, 0) is 69.0 Å². The number of benzene rings is 3. The molecule has 8 aliphatic rings. The summed E-state index contributed by atoms with van der Waals surface area (Å²) in [7, 11) is 3.18. The number of methoxy groups -OCH3 is 2. The van der Waals surface area contributed by atoms with Crippen molar-refractivity contribution >= 4 is 34.7 Å². The van der Waals surface area contributed by atoms with Gasteiger partial charge in [-0.3, -0.25) is 19.9 Å². The fourth-order valence-electron chi connectivity index (χ4n) is 11.4. The Morgan fingerprint density at radius 2 is 1.86 bits per heavy atom. The maximum absolute atomic E-state index is 14.9. The third-order valence-corrected chi connectivity index (χ3v) is 15.2. The van der Waals surface area contributed by atoms with Crippen molar-refractivity contribution in [2.45, 2.75) is 87.3 Å². The Hall–Kier alpha value is -4.67. The molecule has 3 N–H and O–H groups in total. The van der Waals surface area contributed by atoms with E-state index in [4.69, 9.17) is 32.8 Å². The summed E-state index contributed by atoms with van der Waals surface area (Å²) in [6.07, 6.45) is 0.272. The number of nitrogens with one attached hydrogen (secondary N) is 1. The lowest BCUT2D eigenvalue weighted by Crippen LogP contribution is -2.75. The molecule has 4 aromatic rings. The highest BCUT2D eigenvalue weighted by atomic mass is 32.2. The van der Waals surface area contributed by atoms with Crippen LogP contribution < -0.4 is 29.0 Å². The second-order valence-corrected chi connectivity index (χ2v) is 17.6. The fraction of sp³-hybridized carbons (Fsp3) is 0.476. The summed E-state index contributed by atoms with van der Waals surface area (Å²) in [6.45, 7) is 7.59. The van der Waals surface area contributed by atoms with E-state index in [1.165, 1.54) is 18.7 Å². The number of hydrogen-bond acceptors (Lipinski definition) is 15. The molecule has 3 aromatic carbocycles. The molecule has 0 aliphatic carbocycles. The summed E-state index contributed by atoms with van der Waals surface area (Å²) in [5, 5.41) is 28.7. The van der Waals surface area contributed by atoms with Crippen molar-refractivity contribution in [1.29, 1.82) is 0 Å². The normalized spacial score (nSPS) is 31.8. The van der Waals surface area contributed by atoms with E-state index >= 15 is 0 Å². The van der Waals surface area contributed by atoms with Crippen molar-refractivity contribution < 1.29 is 52.6 Å². The SMILES string of the molecule is COc1ccc2oc3c(c2c1)CCN[C@]31CS[C@@H]2c3c(OC(C)=O)c(C)c4c(c3[C@H](COC1=O)N1C2[C@H]2c3c(cc(C)c(OC)c3O)[C@@]3(C)C[C@H]([C@@H]1O)N23)OCO4. The molecule has 8 atom stereocenters. The standard InChI is InChI=1S/C42H43N3O11S/c1-17-11-23-27(32(47)33(17)51-6)30-31-37-29-28(36-35(53-16-54-36)18(2)34(29)55-19(3)46)25(44(31)39(48)24-13-41(23,4)45(24)30)14-52-40(49)42(15-57-37)38-21(9-10-43-42)22-12-20(50-5)7-8-26(22)56-38/h7-8,11-12,24-25,30-31,37,39,43,47-48H,9-10,13-16H2,1-6H3/t24-,25+,30-,31?,37-,39+,41-,42-/m1/s1. The highest BCUT2D eigenvalue weighted by molar-refractivity contribution is 7.99. The topological polar surface area (TPSA) is 162 Å². The number of hydrogen-bond donors (Lipinski definition) is 3. The zero-order chi connectivity index (χ0) is 39.4. The van der Waals surface area contributed by atoms with Crippen LogP contribution in [0.5, 0.6) is 34.5 Å². The minimum absolute atomic E-state index is 0.0488. The Kier molecular flexibility index (Phi) is 7.44. The summed E-state index contributed by atoms with van der Waals surface area (Å²) in [4.78, 5) is 32.3. The zero-order valence-corrected chi connectivity index (χ0v) is 33.2. The van der Waals surface area contributed by atoms with Crippen molar-refractivity contribution in [3.8, 4) is 34.5 Å². The average Bonchev–Trinajstić information content (AvgIpc) is 3.88. The van der Waals surface area contributed by atoms with Gasteiger partial charge in [-0.1, -0.05) is 0 Å². The summed E-state index contributed by atoms with van der Waals surface area (Å²) in [6, 6.07) is 5.69. The summed E-state index contributed by atoms with van der Waals surface area (Å²) >= 11 is 1.50. The molecule has 1 spiro atoms. The van der Waals surface area contributed by atoms with Crippen LogP contribution in [-0.4, -0.2) is 90.2 Å². The van der Waals surface area contributed by atoms with Gasteiger partial charge in [0.15, 0.2) is 28.5 Å². The van der Waals surface area contributed by atoms with E-state index < -0.39 is 52.6 Å². The van der Waals surface area contributed by atoms with E-state index in [0.717, 1.165) is 27.6 Å². The smallest absolute Gasteiger partial charge is 0.335 e. The van der Waals surface area contributed by atoms with Crippen molar-refractivity contribution in [3.05, 3.63) is 69.0 Å². The molecule has 298 valence electrons. The maximum Gasteiger partial charge on any atom is 0.335 e. The first-order chi connectivity index (χ1) is 27.4. The Bertz CT molecular complexity index is 2470. The predicted molar refractivity (Wildman–Crippen MR) is 205 cm³/mol. The number of nitrogens with zero attached hydrogens (tertiary/aromatic N) is 2. The van der Waals surface area contributed by atoms with Crippen LogP contribution in [0.3, 0.4) is 0 Å². The Balaban J connectivity index is 1.17. The average molecular weight is 798 g/mol. The molecule has 0 amide bonds. The quantitative estimate of drug-likeness (QED) is 0.190. The molecule has 9 heterocycles. The van der Waals surface area contributed by atoms with Crippen molar-refractivity contribution in [3.63, 3.8) is 0 Å². The number of carbonyl (C=O) groups is 2. The van der Waals surface area contributed by atoms with Gasteiger partial charge in [0.25, 0.3) is 0 Å². The molecule has 1 aromatic heterocycles. The number of esters is 2. The largest absolute Gasteiger partial charge is 0.504 e. The molecular weight excluding hydrogens is 755 g/mol. The van der Waals surface area contributed by atoms with Gasteiger partial charge in [0.2, 0.25) is 6.79 Å². The van der Waals surface area contributed by atoms with E-state index in [2.05, 4.69) is 28.1 Å². The minimum atomic E-state index is -1.39. The number of phenols is 1. The molecule has 12 rings (SSSR count). The minimum Gasteiger partial charge on any atom is -0.504 e. The fourth-order valence-corrected chi connectivity index (χ4v) is 13.1. The highest BCUT2D eigenvalue weighted by Crippen LogP contribution is 2.70. The van der Waals surface area contributed by atoms with Gasteiger partial charge in [-0.25, -0.2) is 4.79 Å². The van der Waals surface area contributed by atoms with E-state index in [1.807, 2.05) is 32.0 Å². The number of aromatic hydroxyl groups is 1. The number of phenolic OH excluding ortho intramolecular Hbond substituents is 1. The number of piperazine rings is 1. The number of ether oxygens (including phenoxy) is 6. The lowest BCUT2D eigenvalue weighted by molar-refractivity contribution is -0.249. The zero-order valence-electron chi connectivity index (χ0n) is 32.4. The van der Waals surface area contributed by atoms with E-state index in [-0.39, 0.29) is 30.9 Å². The monoisotopic (exact) mass is 797 g/mol. The summed E-state index contributed by atoms with van der Waals surface area (Å²) in [5.74, 6) is 2.08. The van der Waals surface area contributed by atoms with Crippen LogP contribution in [0.1, 0.15) is 82.3 Å². The molecule has 15 heteroatoms. The highest BCUT2D eigenvalue weighted by Gasteiger charge is 2.71. The number of aryl methyl sites for hydroxylation is 1.